The summed E-state index contributed by atoms with van der Waals surface area (Å²) in [5, 5.41) is 8.92. The monoisotopic (exact) mass is 160 g/mol. The number of unbranched alkanes of at least 4 members (excludes halogenated alkanes) is 1. The van der Waals surface area contributed by atoms with Crippen LogP contribution in [0.3, 0.4) is 0 Å². The maximum Gasteiger partial charge on any atom is 0.0465 e. The lowest BCUT2D eigenvalue weighted by Crippen LogP contribution is -2.08. The Kier molecular flexibility index (Phi) is 7.96. The van der Waals surface area contributed by atoms with Gasteiger partial charge in [-0.1, -0.05) is 19.8 Å². The minimum absolute atomic E-state index is 0.309. The van der Waals surface area contributed by atoms with E-state index in [-0.39, 0.29) is 0 Å². The van der Waals surface area contributed by atoms with Crippen LogP contribution < -0.4 is 0 Å². The zero-order valence-electron chi connectivity index (χ0n) is 7.68. The standard InChI is InChI=1S/C9H20O2/c1-3-4-5-9(8-10)6-7-11-2/h9-10H,3-8H2,1-2H3. The van der Waals surface area contributed by atoms with Gasteiger partial charge in [-0.25, -0.2) is 0 Å². The van der Waals surface area contributed by atoms with Gasteiger partial charge in [0.1, 0.15) is 0 Å². The highest BCUT2D eigenvalue weighted by molar-refractivity contribution is 4.56. The van der Waals surface area contributed by atoms with Crippen molar-refractivity contribution in [2.24, 2.45) is 5.92 Å². The smallest absolute Gasteiger partial charge is 0.0465 e. The highest BCUT2D eigenvalue weighted by Gasteiger charge is 2.05. The molecule has 0 aliphatic heterocycles. The van der Waals surface area contributed by atoms with Gasteiger partial charge >= 0.3 is 0 Å². The maximum atomic E-state index is 8.92. The molecule has 1 unspecified atom stereocenters. The van der Waals surface area contributed by atoms with Crippen LogP contribution in [0.5, 0.6) is 0 Å². The molecule has 0 aromatic rings. The molecule has 0 saturated heterocycles. The van der Waals surface area contributed by atoms with Crippen LogP contribution in [0.1, 0.15) is 32.6 Å². The number of rotatable bonds is 7. The van der Waals surface area contributed by atoms with Gasteiger partial charge in [0.2, 0.25) is 0 Å². The first-order valence-electron chi connectivity index (χ1n) is 4.45. The van der Waals surface area contributed by atoms with Crippen molar-refractivity contribution in [2.45, 2.75) is 32.6 Å². The molecule has 11 heavy (non-hydrogen) atoms. The van der Waals surface area contributed by atoms with E-state index in [9.17, 15) is 0 Å². The van der Waals surface area contributed by atoms with E-state index in [4.69, 9.17) is 9.84 Å². The fourth-order valence-corrected chi connectivity index (χ4v) is 1.10. The largest absolute Gasteiger partial charge is 0.396 e. The van der Waals surface area contributed by atoms with Crippen LogP contribution in [-0.4, -0.2) is 25.4 Å². The topological polar surface area (TPSA) is 29.5 Å². The third kappa shape index (κ3) is 6.32. The number of hydrogen-bond donors (Lipinski definition) is 1. The lowest BCUT2D eigenvalue weighted by atomic mass is 10.0. The molecular formula is C9H20O2. The van der Waals surface area contributed by atoms with Crippen LogP contribution in [0.2, 0.25) is 0 Å². The Morgan fingerprint density at radius 2 is 2.09 bits per heavy atom. The number of aliphatic hydroxyl groups excluding tert-OH is 1. The molecule has 0 aliphatic rings. The van der Waals surface area contributed by atoms with Crippen molar-refractivity contribution in [3.05, 3.63) is 0 Å². The summed E-state index contributed by atoms with van der Waals surface area (Å²) in [6, 6.07) is 0. The van der Waals surface area contributed by atoms with Crippen LogP contribution >= 0.6 is 0 Å². The van der Waals surface area contributed by atoms with Crippen molar-refractivity contribution >= 4 is 0 Å². The summed E-state index contributed by atoms with van der Waals surface area (Å²) in [4.78, 5) is 0. The quantitative estimate of drug-likeness (QED) is 0.615. The molecule has 0 spiro atoms. The molecule has 0 aliphatic carbocycles. The first-order chi connectivity index (χ1) is 5.35. The molecular weight excluding hydrogens is 140 g/mol. The predicted octanol–water partition coefficient (Wildman–Crippen LogP) is 1.82. The van der Waals surface area contributed by atoms with Crippen LogP contribution in [0.4, 0.5) is 0 Å². The summed E-state index contributed by atoms with van der Waals surface area (Å²) in [6.07, 6.45) is 4.56. The summed E-state index contributed by atoms with van der Waals surface area (Å²) in [7, 11) is 1.70. The molecule has 0 heterocycles. The Bertz CT molecular complexity index is 66.0. The SMILES string of the molecule is CCCCC(CO)CCOC. The van der Waals surface area contributed by atoms with Crippen molar-refractivity contribution in [3.8, 4) is 0 Å². The van der Waals surface area contributed by atoms with E-state index in [1.165, 1.54) is 12.8 Å². The molecule has 0 rings (SSSR count). The van der Waals surface area contributed by atoms with E-state index in [2.05, 4.69) is 6.92 Å². The van der Waals surface area contributed by atoms with Crippen LogP contribution in [0, 0.1) is 5.92 Å². The van der Waals surface area contributed by atoms with Gasteiger partial charge in [0.05, 0.1) is 0 Å². The highest BCUT2D eigenvalue weighted by Crippen LogP contribution is 2.11. The Morgan fingerprint density at radius 1 is 1.36 bits per heavy atom. The summed E-state index contributed by atoms with van der Waals surface area (Å²) in [5.41, 5.74) is 0. The average molecular weight is 160 g/mol. The second-order valence-electron chi connectivity index (χ2n) is 2.97. The molecule has 0 radical (unpaired) electrons. The fraction of sp³-hybridized carbons (Fsp3) is 1.00. The lowest BCUT2D eigenvalue weighted by Gasteiger charge is -2.11. The van der Waals surface area contributed by atoms with E-state index < -0.39 is 0 Å². The van der Waals surface area contributed by atoms with Gasteiger partial charge in [-0.3, -0.25) is 0 Å². The summed E-state index contributed by atoms with van der Waals surface area (Å²) in [5.74, 6) is 0.454. The van der Waals surface area contributed by atoms with E-state index in [0.29, 0.717) is 12.5 Å². The number of ether oxygens (including phenoxy) is 1. The third-order valence-corrected chi connectivity index (χ3v) is 1.95. The molecule has 0 fully saturated rings. The molecule has 68 valence electrons. The Morgan fingerprint density at radius 3 is 2.55 bits per heavy atom. The normalized spacial score (nSPS) is 13.4. The van der Waals surface area contributed by atoms with Gasteiger partial charge < -0.3 is 9.84 Å². The molecule has 1 atom stereocenters. The van der Waals surface area contributed by atoms with Crippen molar-refractivity contribution in [3.63, 3.8) is 0 Å². The first kappa shape index (κ1) is 10.9. The Labute approximate surface area is 69.6 Å². The first-order valence-corrected chi connectivity index (χ1v) is 4.45. The van der Waals surface area contributed by atoms with Gasteiger partial charge in [0, 0.05) is 20.3 Å². The van der Waals surface area contributed by atoms with Crippen molar-refractivity contribution in [1.82, 2.24) is 0 Å². The third-order valence-electron chi connectivity index (χ3n) is 1.95. The molecule has 0 saturated carbocycles. The summed E-state index contributed by atoms with van der Waals surface area (Å²) < 4.78 is 4.94. The maximum absolute atomic E-state index is 8.92. The van der Waals surface area contributed by atoms with Crippen molar-refractivity contribution in [2.75, 3.05) is 20.3 Å². The number of hydrogen-bond acceptors (Lipinski definition) is 2. The molecule has 0 amide bonds. The molecule has 2 nitrogen and oxygen atoms in total. The van der Waals surface area contributed by atoms with Crippen molar-refractivity contribution < 1.29 is 9.84 Å². The van der Waals surface area contributed by atoms with Crippen LogP contribution in [-0.2, 0) is 4.74 Å². The molecule has 0 bridgehead atoms. The minimum atomic E-state index is 0.309. The molecule has 2 heteroatoms. The van der Waals surface area contributed by atoms with Crippen LogP contribution in [0.15, 0.2) is 0 Å². The van der Waals surface area contributed by atoms with E-state index >= 15 is 0 Å². The highest BCUT2D eigenvalue weighted by atomic mass is 16.5. The van der Waals surface area contributed by atoms with Gasteiger partial charge in [0.15, 0.2) is 0 Å². The minimum Gasteiger partial charge on any atom is -0.396 e. The van der Waals surface area contributed by atoms with Gasteiger partial charge in [-0.15, -0.1) is 0 Å². The zero-order valence-corrected chi connectivity index (χ0v) is 7.68. The zero-order chi connectivity index (χ0) is 8.53. The average Bonchev–Trinajstić information content (AvgIpc) is 2.05. The summed E-state index contributed by atoms with van der Waals surface area (Å²) in [6.45, 7) is 3.25. The Balaban J connectivity index is 3.25. The van der Waals surface area contributed by atoms with Gasteiger partial charge in [-0.05, 0) is 18.8 Å². The second kappa shape index (κ2) is 8.02. The lowest BCUT2D eigenvalue weighted by molar-refractivity contribution is 0.142. The van der Waals surface area contributed by atoms with Gasteiger partial charge in [0.25, 0.3) is 0 Å². The van der Waals surface area contributed by atoms with E-state index in [1.807, 2.05) is 0 Å². The number of aliphatic hydroxyl groups is 1. The van der Waals surface area contributed by atoms with Crippen molar-refractivity contribution in [1.29, 1.82) is 0 Å². The second-order valence-corrected chi connectivity index (χ2v) is 2.97. The molecule has 1 N–H and O–H groups in total. The predicted molar refractivity (Wildman–Crippen MR) is 46.6 cm³/mol. The molecule has 0 aromatic carbocycles. The van der Waals surface area contributed by atoms with E-state index in [0.717, 1.165) is 19.4 Å². The molecule has 0 aromatic heterocycles. The summed E-state index contributed by atoms with van der Waals surface area (Å²) >= 11 is 0. The number of methoxy groups -OCH3 is 1. The fourth-order valence-electron chi connectivity index (χ4n) is 1.10. The Hall–Kier alpha value is -0.0800. The van der Waals surface area contributed by atoms with Crippen LogP contribution in [0.25, 0.3) is 0 Å². The van der Waals surface area contributed by atoms with Gasteiger partial charge in [-0.2, -0.15) is 0 Å². The van der Waals surface area contributed by atoms with E-state index in [1.54, 1.807) is 7.11 Å².